The molecule has 2 aromatic heterocycles. The lowest BCUT2D eigenvalue weighted by Crippen LogP contribution is -2.46. The monoisotopic (exact) mass is 503 g/mol. The van der Waals surface area contributed by atoms with Crippen molar-refractivity contribution < 1.29 is 27.5 Å². The van der Waals surface area contributed by atoms with Crippen LogP contribution >= 0.6 is 0 Å². The first-order valence-electron chi connectivity index (χ1n) is 11.6. The van der Waals surface area contributed by atoms with Gasteiger partial charge >= 0.3 is 6.18 Å². The Bertz CT molecular complexity index is 1220. The number of nitrogens with two attached hydrogens (primary N) is 1. The summed E-state index contributed by atoms with van der Waals surface area (Å²) in [4.78, 5) is 31.6. The van der Waals surface area contributed by atoms with Crippen molar-refractivity contribution in [3.63, 3.8) is 0 Å². The van der Waals surface area contributed by atoms with E-state index in [4.69, 9.17) is 10.5 Å². The molecule has 11 heteroatoms. The third kappa shape index (κ3) is 5.78. The quantitative estimate of drug-likeness (QED) is 0.476. The number of hydrogen-bond acceptors (Lipinski definition) is 5. The molecule has 0 unspecified atom stereocenters. The summed E-state index contributed by atoms with van der Waals surface area (Å²) in [5, 5.41) is 0.980. The Balaban J connectivity index is 1.22. The summed E-state index contributed by atoms with van der Waals surface area (Å²) in [5.41, 5.74) is 5.89. The first-order valence-corrected chi connectivity index (χ1v) is 11.6. The largest absolute Gasteiger partial charge is 0.417 e. The van der Waals surface area contributed by atoms with Gasteiger partial charge in [0.05, 0.1) is 12.2 Å². The highest BCUT2D eigenvalue weighted by Gasteiger charge is 2.31. The zero-order valence-corrected chi connectivity index (χ0v) is 19.9. The Labute approximate surface area is 206 Å². The van der Waals surface area contributed by atoms with E-state index < -0.39 is 17.6 Å². The molecule has 0 aliphatic carbocycles. The van der Waals surface area contributed by atoms with Crippen molar-refractivity contribution in [2.45, 2.75) is 31.6 Å². The maximum absolute atomic E-state index is 12.7. The fourth-order valence-electron chi connectivity index (χ4n) is 4.38. The summed E-state index contributed by atoms with van der Waals surface area (Å²) in [5.74, 6) is -0.121. The average molecular weight is 504 g/mol. The number of fused-ring (bicyclic) bond motifs is 1. The fraction of sp³-hybridized carbons (Fsp3) is 0.400. The number of piperidine rings is 1. The molecule has 3 heterocycles. The second kappa shape index (κ2) is 10.6. The van der Waals surface area contributed by atoms with Crippen molar-refractivity contribution >= 4 is 28.5 Å². The number of pyridine rings is 1. The van der Waals surface area contributed by atoms with Crippen LogP contribution in [0.15, 0.2) is 48.8 Å². The molecule has 0 atom stereocenters. The van der Waals surface area contributed by atoms with Crippen LogP contribution in [0.25, 0.3) is 10.9 Å². The molecule has 36 heavy (non-hydrogen) atoms. The lowest BCUT2D eigenvalue weighted by molar-refractivity contribution is -0.138. The van der Waals surface area contributed by atoms with Crippen LogP contribution in [0, 0.1) is 0 Å². The Hall–Kier alpha value is -3.60. The van der Waals surface area contributed by atoms with E-state index in [2.05, 4.69) is 4.98 Å². The number of hydrogen-bond donors (Lipinski definition) is 1. The molecule has 0 radical (unpaired) electrons. The van der Waals surface area contributed by atoms with Crippen LogP contribution in [0.4, 0.5) is 19.0 Å². The van der Waals surface area contributed by atoms with Gasteiger partial charge in [-0.15, -0.1) is 0 Å². The number of nitrogens with zero attached hydrogens (tertiary/aromatic N) is 4. The number of benzene rings is 1. The summed E-state index contributed by atoms with van der Waals surface area (Å²) in [6, 6.07) is 9.64. The maximum Gasteiger partial charge on any atom is 0.417 e. The Kier molecular flexibility index (Phi) is 7.48. The molecule has 0 spiro atoms. The minimum Gasteiger partial charge on any atom is -0.370 e. The van der Waals surface area contributed by atoms with Crippen molar-refractivity contribution in [3.8, 4) is 0 Å². The summed E-state index contributed by atoms with van der Waals surface area (Å²) >= 11 is 0. The summed E-state index contributed by atoms with van der Waals surface area (Å²) in [6.45, 7) is 1.97. The summed E-state index contributed by atoms with van der Waals surface area (Å²) in [7, 11) is 1.74. The number of halogens is 3. The van der Waals surface area contributed by atoms with Gasteiger partial charge in [0.15, 0.2) is 0 Å². The number of aromatic nitrogens is 2. The van der Waals surface area contributed by atoms with E-state index in [1.54, 1.807) is 24.1 Å². The minimum absolute atomic E-state index is 0.0208. The van der Waals surface area contributed by atoms with Gasteiger partial charge in [0.25, 0.3) is 0 Å². The SMILES string of the molecule is CN(C(=O)COCCn1ccc2ccc(C(N)=O)cc21)C1CCN(c2ccc(C(F)(F)F)cn2)CC1. The molecule has 1 saturated heterocycles. The minimum atomic E-state index is -4.41. The molecule has 1 aliphatic rings. The smallest absolute Gasteiger partial charge is 0.370 e. The number of anilines is 1. The van der Waals surface area contributed by atoms with Gasteiger partial charge in [-0.2, -0.15) is 13.2 Å². The van der Waals surface area contributed by atoms with Crippen LogP contribution in [0.5, 0.6) is 0 Å². The van der Waals surface area contributed by atoms with Crippen molar-refractivity contribution in [2.75, 3.05) is 38.3 Å². The number of primary amides is 1. The Morgan fingerprint density at radius 2 is 1.92 bits per heavy atom. The van der Waals surface area contributed by atoms with E-state index >= 15 is 0 Å². The van der Waals surface area contributed by atoms with Gasteiger partial charge in [-0.25, -0.2) is 4.98 Å². The predicted octanol–water partition coefficient (Wildman–Crippen LogP) is 3.30. The number of carbonyl (C=O) groups excluding carboxylic acids is 2. The van der Waals surface area contributed by atoms with Crippen LogP contribution in [0.2, 0.25) is 0 Å². The van der Waals surface area contributed by atoms with E-state index in [9.17, 15) is 22.8 Å². The van der Waals surface area contributed by atoms with Crippen molar-refractivity contribution in [1.29, 1.82) is 0 Å². The molecule has 1 aliphatic heterocycles. The number of ether oxygens (including phenoxy) is 1. The topological polar surface area (TPSA) is 93.7 Å². The third-order valence-electron chi connectivity index (χ3n) is 6.57. The molecule has 3 aromatic rings. The normalized spacial score (nSPS) is 14.8. The average Bonchev–Trinajstić information content (AvgIpc) is 3.28. The van der Waals surface area contributed by atoms with Gasteiger partial charge in [-0.1, -0.05) is 6.07 Å². The molecule has 0 bridgehead atoms. The lowest BCUT2D eigenvalue weighted by atomic mass is 10.0. The standard InChI is InChI=1S/C25H28F3N5O3/c1-31(20-7-10-33(11-8-20)22-5-4-19(15-30-22)25(26,27)28)23(34)16-36-13-12-32-9-6-17-2-3-18(24(29)35)14-21(17)32/h2-6,9,14-15,20H,7-8,10-13,16H2,1H3,(H2,29,35). The van der Waals surface area contributed by atoms with Crippen molar-refractivity contribution in [1.82, 2.24) is 14.5 Å². The van der Waals surface area contributed by atoms with E-state index in [1.165, 1.54) is 6.07 Å². The molecule has 1 fully saturated rings. The van der Waals surface area contributed by atoms with E-state index in [-0.39, 0.29) is 18.6 Å². The maximum atomic E-state index is 12.7. The van der Waals surface area contributed by atoms with Crippen LogP contribution in [-0.2, 0) is 22.3 Å². The Morgan fingerprint density at radius 1 is 1.17 bits per heavy atom. The fourth-order valence-corrected chi connectivity index (χ4v) is 4.38. The van der Waals surface area contributed by atoms with Gasteiger partial charge in [0.2, 0.25) is 11.8 Å². The van der Waals surface area contributed by atoms with Gasteiger partial charge in [0, 0.05) is 56.2 Å². The zero-order valence-electron chi connectivity index (χ0n) is 19.9. The highest BCUT2D eigenvalue weighted by Crippen LogP contribution is 2.30. The highest BCUT2D eigenvalue weighted by atomic mass is 19.4. The highest BCUT2D eigenvalue weighted by molar-refractivity contribution is 5.97. The second-order valence-corrected chi connectivity index (χ2v) is 8.83. The van der Waals surface area contributed by atoms with E-state index in [0.29, 0.717) is 50.5 Å². The van der Waals surface area contributed by atoms with Crippen LogP contribution in [-0.4, -0.2) is 65.7 Å². The number of carbonyl (C=O) groups is 2. The van der Waals surface area contributed by atoms with E-state index in [1.807, 2.05) is 27.8 Å². The second-order valence-electron chi connectivity index (χ2n) is 8.83. The van der Waals surface area contributed by atoms with Gasteiger partial charge in [0.1, 0.15) is 12.4 Å². The van der Waals surface area contributed by atoms with Crippen LogP contribution < -0.4 is 10.6 Å². The van der Waals surface area contributed by atoms with Gasteiger partial charge in [-0.05, 0) is 48.6 Å². The number of likely N-dealkylation sites (N-methyl/N-ethyl adjacent to an activating group) is 1. The molecule has 0 saturated carbocycles. The number of alkyl halides is 3. The van der Waals surface area contributed by atoms with Crippen molar-refractivity contribution in [3.05, 3.63) is 59.9 Å². The predicted molar refractivity (Wildman–Crippen MR) is 129 cm³/mol. The first-order chi connectivity index (χ1) is 17.1. The molecule has 2 N–H and O–H groups in total. The van der Waals surface area contributed by atoms with Crippen LogP contribution in [0.3, 0.4) is 0 Å². The first kappa shape index (κ1) is 25.5. The molecule has 192 valence electrons. The molecule has 2 amide bonds. The third-order valence-corrected chi connectivity index (χ3v) is 6.57. The molecule has 4 rings (SSSR count). The number of amides is 2. The van der Waals surface area contributed by atoms with Gasteiger partial charge < -0.3 is 24.8 Å². The van der Waals surface area contributed by atoms with E-state index in [0.717, 1.165) is 23.2 Å². The van der Waals surface area contributed by atoms with Gasteiger partial charge in [-0.3, -0.25) is 9.59 Å². The molecule has 1 aromatic carbocycles. The summed E-state index contributed by atoms with van der Waals surface area (Å²) < 4.78 is 45.8. The Morgan fingerprint density at radius 3 is 2.56 bits per heavy atom. The summed E-state index contributed by atoms with van der Waals surface area (Å²) in [6.07, 6.45) is -0.299. The molecule has 8 nitrogen and oxygen atoms in total. The molecular weight excluding hydrogens is 475 g/mol. The van der Waals surface area contributed by atoms with Crippen molar-refractivity contribution in [2.24, 2.45) is 5.73 Å². The lowest BCUT2D eigenvalue weighted by Gasteiger charge is -2.37. The number of rotatable bonds is 8. The van der Waals surface area contributed by atoms with Crippen LogP contribution in [0.1, 0.15) is 28.8 Å². The molecular formula is C25H28F3N5O3. The zero-order chi connectivity index (χ0) is 25.9.